The second-order valence-corrected chi connectivity index (χ2v) is 3.66. The van der Waals surface area contributed by atoms with Gasteiger partial charge in [-0.15, -0.1) is 0 Å². The molecule has 0 aliphatic rings. The van der Waals surface area contributed by atoms with E-state index in [1.807, 2.05) is 19.1 Å². The Hall–Kier alpha value is -1.29. The van der Waals surface area contributed by atoms with Gasteiger partial charge in [0.15, 0.2) is 0 Å². The predicted octanol–water partition coefficient (Wildman–Crippen LogP) is 3.60. The van der Waals surface area contributed by atoms with E-state index in [2.05, 4.69) is 19.1 Å². The van der Waals surface area contributed by atoms with Crippen molar-refractivity contribution < 1.29 is 0 Å². The normalized spacial score (nSPS) is 9.79. The zero-order valence-electron chi connectivity index (χ0n) is 9.01. The van der Waals surface area contributed by atoms with Gasteiger partial charge >= 0.3 is 0 Å². The van der Waals surface area contributed by atoms with Gasteiger partial charge in [0.1, 0.15) is 0 Å². The van der Waals surface area contributed by atoms with Crippen LogP contribution in [0.4, 0.5) is 0 Å². The minimum atomic E-state index is 0.819. The number of benzene rings is 1. The Balaban J connectivity index is 2.73. The van der Waals surface area contributed by atoms with Crippen LogP contribution in [0.2, 0.25) is 0 Å². The van der Waals surface area contributed by atoms with Crippen molar-refractivity contribution in [2.45, 2.75) is 39.5 Å². The summed E-state index contributed by atoms with van der Waals surface area (Å²) in [6, 6.07) is 8.22. The lowest BCUT2D eigenvalue weighted by molar-refractivity contribution is 0.715. The standard InChI is InChI=1S/C13H17N/c1-3-4-5-7-12-8-6-9-13(10-14)11(12)2/h6,8-9H,3-5,7H2,1-2H3. The molecule has 1 nitrogen and oxygen atoms in total. The van der Waals surface area contributed by atoms with Crippen molar-refractivity contribution in [2.75, 3.05) is 0 Å². The van der Waals surface area contributed by atoms with E-state index in [0.717, 1.165) is 17.5 Å². The van der Waals surface area contributed by atoms with Crippen molar-refractivity contribution in [3.63, 3.8) is 0 Å². The van der Waals surface area contributed by atoms with Gasteiger partial charge in [0, 0.05) is 0 Å². The first kappa shape index (κ1) is 10.8. The number of nitriles is 1. The zero-order valence-corrected chi connectivity index (χ0v) is 9.01. The summed E-state index contributed by atoms with van der Waals surface area (Å²) in [7, 11) is 0. The SMILES string of the molecule is CCCCCc1cccc(C#N)c1C. The largest absolute Gasteiger partial charge is 0.192 e. The third kappa shape index (κ3) is 2.60. The van der Waals surface area contributed by atoms with Crippen LogP contribution in [-0.2, 0) is 6.42 Å². The van der Waals surface area contributed by atoms with Crippen LogP contribution < -0.4 is 0 Å². The van der Waals surface area contributed by atoms with Gasteiger partial charge < -0.3 is 0 Å². The van der Waals surface area contributed by atoms with E-state index in [9.17, 15) is 0 Å². The summed E-state index contributed by atoms with van der Waals surface area (Å²) in [5, 5.41) is 8.86. The lowest BCUT2D eigenvalue weighted by atomic mass is 9.98. The Kier molecular flexibility index (Phi) is 4.19. The molecule has 0 unspecified atom stereocenters. The topological polar surface area (TPSA) is 23.8 Å². The van der Waals surface area contributed by atoms with Gasteiger partial charge in [0.2, 0.25) is 0 Å². The second kappa shape index (κ2) is 5.44. The molecular weight excluding hydrogens is 170 g/mol. The fourth-order valence-electron chi connectivity index (χ4n) is 1.64. The van der Waals surface area contributed by atoms with Crippen LogP contribution in [0.15, 0.2) is 18.2 Å². The van der Waals surface area contributed by atoms with Gasteiger partial charge in [-0.25, -0.2) is 0 Å². The molecule has 1 aromatic rings. The summed E-state index contributed by atoms with van der Waals surface area (Å²) in [4.78, 5) is 0. The molecule has 0 amide bonds. The van der Waals surface area contributed by atoms with Crippen molar-refractivity contribution in [1.29, 1.82) is 5.26 Å². The Bertz CT molecular complexity index is 334. The maximum absolute atomic E-state index is 8.86. The van der Waals surface area contributed by atoms with Gasteiger partial charge in [-0.2, -0.15) is 5.26 Å². The molecule has 0 bridgehead atoms. The molecule has 0 atom stereocenters. The van der Waals surface area contributed by atoms with Crippen molar-refractivity contribution in [3.05, 3.63) is 34.9 Å². The van der Waals surface area contributed by atoms with Gasteiger partial charge in [-0.05, 0) is 37.0 Å². The first-order chi connectivity index (χ1) is 6.79. The van der Waals surface area contributed by atoms with Crippen LogP contribution in [-0.4, -0.2) is 0 Å². The quantitative estimate of drug-likeness (QED) is 0.661. The summed E-state index contributed by atoms with van der Waals surface area (Å²) < 4.78 is 0. The van der Waals surface area contributed by atoms with Gasteiger partial charge in [0.25, 0.3) is 0 Å². The van der Waals surface area contributed by atoms with Gasteiger partial charge in [-0.3, -0.25) is 0 Å². The Morgan fingerprint density at radius 1 is 1.29 bits per heavy atom. The summed E-state index contributed by atoms with van der Waals surface area (Å²) in [5.74, 6) is 0. The lowest BCUT2D eigenvalue weighted by Crippen LogP contribution is -1.92. The maximum atomic E-state index is 8.86. The Morgan fingerprint density at radius 2 is 2.07 bits per heavy atom. The van der Waals surface area contributed by atoms with Crippen LogP contribution in [0.3, 0.4) is 0 Å². The predicted molar refractivity (Wildman–Crippen MR) is 59.1 cm³/mol. The number of rotatable bonds is 4. The number of aryl methyl sites for hydroxylation is 1. The van der Waals surface area contributed by atoms with Crippen molar-refractivity contribution in [2.24, 2.45) is 0 Å². The molecule has 0 saturated carbocycles. The molecule has 0 spiro atoms. The highest BCUT2D eigenvalue weighted by molar-refractivity contribution is 5.41. The molecule has 0 aliphatic carbocycles. The third-order valence-electron chi connectivity index (χ3n) is 2.62. The minimum Gasteiger partial charge on any atom is -0.192 e. The van der Waals surface area contributed by atoms with E-state index in [0.29, 0.717) is 0 Å². The fourth-order valence-corrected chi connectivity index (χ4v) is 1.64. The molecule has 0 radical (unpaired) electrons. The average molecular weight is 187 g/mol. The molecule has 74 valence electrons. The number of hydrogen-bond acceptors (Lipinski definition) is 1. The molecule has 0 aliphatic heterocycles. The zero-order chi connectivity index (χ0) is 10.4. The maximum Gasteiger partial charge on any atom is 0.0994 e. The van der Waals surface area contributed by atoms with Crippen LogP contribution in [0.25, 0.3) is 0 Å². The highest BCUT2D eigenvalue weighted by Gasteiger charge is 2.02. The first-order valence-electron chi connectivity index (χ1n) is 5.28. The Labute approximate surface area is 86.4 Å². The summed E-state index contributed by atoms with van der Waals surface area (Å²) in [6.07, 6.45) is 4.86. The van der Waals surface area contributed by atoms with Crippen LogP contribution in [0.5, 0.6) is 0 Å². The molecule has 0 saturated heterocycles. The molecule has 0 N–H and O–H groups in total. The number of hydrogen-bond donors (Lipinski definition) is 0. The smallest absolute Gasteiger partial charge is 0.0994 e. The monoisotopic (exact) mass is 187 g/mol. The molecule has 0 heterocycles. The molecule has 0 aromatic heterocycles. The second-order valence-electron chi connectivity index (χ2n) is 3.66. The van der Waals surface area contributed by atoms with Crippen LogP contribution in [0, 0.1) is 18.3 Å². The summed E-state index contributed by atoms with van der Waals surface area (Å²) in [6.45, 7) is 4.25. The van der Waals surface area contributed by atoms with E-state index >= 15 is 0 Å². The molecule has 1 heteroatoms. The fraction of sp³-hybridized carbons (Fsp3) is 0.462. The number of unbranched alkanes of at least 4 members (excludes halogenated alkanes) is 2. The molecule has 1 aromatic carbocycles. The van der Waals surface area contributed by atoms with Crippen molar-refractivity contribution >= 4 is 0 Å². The minimum absolute atomic E-state index is 0.819. The van der Waals surface area contributed by atoms with E-state index in [4.69, 9.17) is 5.26 Å². The summed E-state index contributed by atoms with van der Waals surface area (Å²) >= 11 is 0. The van der Waals surface area contributed by atoms with E-state index in [1.54, 1.807) is 0 Å². The highest BCUT2D eigenvalue weighted by Crippen LogP contribution is 2.15. The number of nitrogens with zero attached hydrogens (tertiary/aromatic N) is 1. The van der Waals surface area contributed by atoms with Crippen LogP contribution in [0.1, 0.15) is 42.9 Å². The molecule has 14 heavy (non-hydrogen) atoms. The van der Waals surface area contributed by atoms with Crippen molar-refractivity contribution in [3.8, 4) is 6.07 Å². The first-order valence-corrected chi connectivity index (χ1v) is 5.28. The summed E-state index contributed by atoms with van der Waals surface area (Å²) in [5.41, 5.74) is 3.31. The van der Waals surface area contributed by atoms with E-state index in [1.165, 1.54) is 24.8 Å². The Morgan fingerprint density at radius 3 is 2.71 bits per heavy atom. The van der Waals surface area contributed by atoms with Gasteiger partial charge in [-0.1, -0.05) is 31.9 Å². The van der Waals surface area contributed by atoms with E-state index in [-0.39, 0.29) is 0 Å². The van der Waals surface area contributed by atoms with E-state index < -0.39 is 0 Å². The molecule has 1 rings (SSSR count). The van der Waals surface area contributed by atoms with Crippen LogP contribution >= 0.6 is 0 Å². The van der Waals surface area contributed by atoms with Crippen molar-refractivity contribution in [1.82, 2.24) is 0 Å². The van der Waals surface area contributed by atoms with Gasteiger partial charge in [0.05, 0.1) is 11.6 Å². The molecule has 0 fully saturated rings. The lowest BCUT2D eigenvalue weighted by Gasteiger charge is -2.06. The highest BCUT2D eigenvalue weighted by atomic mass is 14.2. The third-order valence-corrected chi connectivity index (χ3v) is 2.62. The molecular formula is C13H17N. The average Bonchev–Trinajstić information content (AvgIpc) is 2.21.